The molecule has 34 heavy (non-hydrogen) atoms. The fourth-order valence-corrected chi connectivity index (χ4v) is 4.38. The number of imidazole rings is 1. The second-order valence-corrected chi connectivity index (χ2v) is 8.38. The van der Waals surface area contributed by atoms with E-state index in [0.717, 1.165) is 11.3 Å². The van der Waals surface area contributed by atoms with Crippen LogP contribution in [0.15, 0.2) is 60.1 Å². The molecule has 9 heteroatoms. The van der Waals surface area contributed by atoms with E-state index >= 15 is 0 Å². The van der Waals surface area contributed by atoms with Crippen molar-refractivity contribution in [3.05, 3.63) is 77.1 Å². The summed E-state index contributed by atoms with van der Waals surface area (Å²) in [5, 5.41) is 4.82. The highest BCUT2D eigenvalue weighted by molar-refractivity contribution is 7.15. The van der Waals surface area contributed by atoms with E-state index in [1.165, 1.54) is 18.3 Å². The summed E-state index contributed by atoms with van der Waals surface area (Å²) < 4.78 is 12.3. The Morgan fingerprint density at radius 3 is 2.56 bits per heavy atom. The van der Waals surface area contributed by atoms with Gasteiger partial charge in [-0.15, -0.1) is 11.3 Å². The number of hydrogen-bond donors (Lipinski definition) is 1. The molecule has 3 heterocycles. The van der Waals surface area contributed by atoms with Crippen LogP contribution in [0.5, 0.6) is 0 Å². The molecule has 0 radical (unpaired) electrons. The number of carbonyl (C=O) groups excluding carboxylic acids is 3. The Kier molecular flexibility index (Phi) is 6.74. The van der Waals surface area contributed by atoms with Crippen molar-refractivity contribution in [3.63, 3.8) is 0 Å². The molecule has 4 aromatic rings. The number of thiophene rings is 1. The summed E-state index contributed by atoms with van der Waals surface area (Å²) >= 11 is 1.20. The molecule has 0 fully saturated rings. The predicted molar refractivity (Wildman–Crippen MR) is 129 cm³/mol. The Balaban J connectivity index is 1.52. The first-order valence-corrected chi connectivity index (χ1v) is 11.6. The molecule has 1 amide bonds. The summed E-state index contributed by atoms with van der Waals surface area (Å²) in [5.41, 5.74) is 3.36. The third kappa shape index (κ3) is 4.69. The molecule has 1 N–H and O–H groups in total. The normalized spacial score (nSPS) is 11.7. The molecular formula is C25H23N3O5S. The van der Waals surface area contributed by atoms with Crippen molar-refractivity contribution in [1.82, 2.24) is 9.38 Å². The van der Waals surface area contributed by atoms with Gasteiger partial charge in [0.1, 0.15) is 16.2 Å². The number of aryl methyl sites for hydroxylation is 1. The van der Waals surface area contributed by atoms with Crippen LogP contribution < -0.4 is 5.32 Å². The van der Waals surface area contributed by atoms with Crippen molar-refractivity contribution in [2.24, 2.45) is 0 Å². The number of ether oxygens (including phenoxy) is 2. The van der Waals surface area contributed by atoms with Crippen LogP contribution in [-0.4, -0.2) is 39.9 Å². The number of esters is 2. The minimum atomic E-state index is -1.12. The van der Waals surface area contributed by atoms with Crippen molar-refractivity contribution in [2.45, 2.75) is 26.9 Å². The molecule has 1 unspecified atom stereocenters. The van der Waals surface area contributed by atoms with Crippen molar-refractivity contribution >= 4 is 39.8 Å². The highest BCUT2D eigenvalue weighted by atomic mass is 32.1. The van der Waals surface area contributed by atoms with Crippen molar-refractivity contribution in [3.8, 4) is 11.1 Å². The van der Waals surface area contributed by atoms with Crippen LogP contribution in [0.25, 0.3) is 16.8 Å². The van der Waals surface area contributed by atoms with Crippen molar-refractivity contribution in [1.29, 1.82) is 0 Å². The lowest BCUT2D eigenvalue weighted by molar-refractivity contribution is -0.123. The van der Waals surface area contributed by atoms with Gasteiger partial charge in [-0.3, -0.25) is 4.79 Å². The molecule has 4 rings (SSSR count). The molecule has 174 valence electrons. The van der Waals surface area contributed by atoms with Gasteiger partial charge < -0.3 is 19.2 Å². The van der Waals surface area contributed by atoms with E-state index in [2.05, 4.69) is 10.3 Å². The smallest absolute Gasteiger partial charge is 0.359 e. The Bertz CT molecular complexity index is 1360. The second kappa shape index (κ2) is 9.88. The van der Waals surface area contributed by atoms with Gasteiger partial charge in [0.2, 0.25) is 0 Å². The first-order valence-electron chi connectivity index (χ1n) is 10.7. The van der Waals surface area contributed by atoms with E-state index in [0.29, 0.717) is 16.2 Å². The number of hydrogen-bond acceptors (Lipinski definition) is 7. The van der Waals surface area contributed by atoms with Gasteiger partial charge in [0, 0.05) is 22.8 Å². The minimum Gasteiger partial charge on any atom is -0.462 e. The summed E-state index contributed by atoms with van der Waals surface area (Å²) in [6, 6.07) is 14.9. The molecule has 1 atom stereocenters. The highest BCUT2D eigenvalue weighted by Crippen LogP contribution is 2.36. The van der Waals surface area contributed by atoms with Crippen LogP contribution in [0.1, 0.15) is 40.4 Å². The summed E-state index contributed by atoms with van der Waals surface area (Å²) in [7, 11) is 0. The lowest BCUT2D eigenvalue weighted by atomic mass is 10.0. The van der Waals surface area contributed by atoms with Gasteiger partial charge in [0.15, 0.2) is 11.8 Å². The topological polar surface area (TPSA) is 99.0 Å². The second-order valence-electron chi connectivity index (χ2n) is 7.50. The first-order chi connectivity index (χ1) is 16.4. The molecule has 0 aliphatic carbocycles. The molecule has 8 nitrogen and oxygen atoms in total. The number of fused-ring (bicyclic) bond motifs is 1. The maximum absolute atomic E-state index is 12.8. The van der Waals surface area contributed by atoms with Crippen LogP contribution in [0.4, 0.5) is 5.00 Å². The van der Waals surface area contributed by atoms with Gasteiger partial charge in [0.05, 0.1) is 6.61 Å². The maximum Gasteiger partial charge on any atom is 0.359 e. The summed E-state index contributed by atoms with van der Waals surface area (Å²) in [6.45, 7) is 5.27. The number of amides is 1. The minimum absolute atomic E-state index is 0.101. The lowest BCUT2D eigenvalue weighted by Gasteiger charge is -2.13. The van der Waals surface area contributed by atoms with Gasteiger partial charge in [-0.2, -0.15) is 0 Å². The number of carbonyl (C=O) groups is 3. The number of aromatic nitrogens is 2. The van der Waals surface area contributed by atoms with E-state index < -0.39 is 23.9 Å². The summed E-state index contributed by atoms with van der Waals surface area (Å²) in [4.78, 5) is 42.4. The quantitative estimate of drug-likeness (QED) is 0.386. The van der Waals surface area contributed by atoms with E-state index in [1.54, 1.807) is 29.0 Å². The van der Waals surface area contributed by atoms with E-state index in [1.807, 2.05) is 49.4 Å². The van der Waals surface area contributed by atoms with Gasteiger partial charge in [-0.25, -0.2) is 14.6 Å². The summed E-state index contributed by atoms with van der Waals surface area (Å²) in [5.74, 6) is -1.82. The SMILES string of the molecule is CCOC(=O)c1c(-c2ccccc2)csc1NC(=O)C(C)OC(=O)c1cn2c(C)cccc2n1. The van der Waals surface area contributed by atoms with Crippen LogP contribution in [0.3, 0.4) is 0 Å². The zero-order valence-corrected chi connectivity index (χ0v) is 19.7. The lowest BCUT2D eigenvalue weighted by Crippen LogP contribution is -2.30. The fraction of sp³-hybridized carbons (Fsp3) is 0.200. The van der Waals surface area contributed by atoms with Crippen molar-refractivity contribution < 1.29 is 23.9 Å². The average molecular weight is 478 g/mol. The Hall–Kier alpha value is -3.98. The van der Waals surface area contributed by atoms with Crippen molar-refractivity contribution in [2.75, 3.05) is 11.9 Å². The molecule has 0 spiro atoms. The number of nitrogens with one attached hydrogen (secondary N) is 1. The molecule has 0 saturated carbocycles. The van der Waals surface area contributed by atoms with E-state index in [-0.39, 0.29) is 17.9 Å². The number of rotatable bonds is 7. The van der Waals surface area contributed by atoms with E-state index in [4.69, 9.17) is 9.47 Å². The monoisotopic (exact) mass is 477 g/mol. The Morgan fingerprint density at radius 2 is 1.85 bits per heavy atom. The van der Waals surface area contributed by atoms with Crippen LogP contribution in [-0.2, 0) is 14.3 Å². The molecule has 0 aliphatic rings. The average Bonchev–Trinajstić information content (AvgIpc) is 3.45. The highest BCUT2D eigenvalue weighted by Gasteiger charge is 2.26. The fourth-order valence-electron chi connectivity index (χ4n) is 3.42. The van der Waals surface area contributed by atoms with Gasteiger partial charge in [-0.1, -0.05) is 36.4 Å². The molecule has 3 aromatic heterocycles. The number of nitrogens with zero attached hydrogens (tertiary/aromatic N) is 2. The van der Waals surface area contributed by atoms with E-state index in [9.17, 15) is 14.4 Å². The van der Waals surface area contributed by atoms with Gasteiger partial charge >= 0.3 is 11.9 Å². The van der Waals surface area contributed by atoms with Crippen LogP contribution in [0.2, 0.25) is 0 Å². The zero-order valence-electron chi connectivity index (χ0n) is 18.9. The molecule has 0 bridgehead atoms. The summed E-state index contributed by atoms with van der Waals surface area (Å²) in [6.07, 6.45) is 0.456. The maximum atomic E-state index is 12.8. The molecule has 0 saturated heterocycles. The molecule has 1 aromatic carbocycles. The zero-order chi connectivity index (χ0) is 24.2. The number of benzene rings is 1. The largest absolute Gasteiger partial charge is 0.462 e. The predicted octanol–water partition coefficient (Wildman–Crippen LogP) is 4.73. The third-order valence-corrected chi connectivity index (χ3v) is 6.05. The Morgan fingerprint density at radius 1 is 1.09 bits per heavy atom. The van der Waals surface area contributed by atoms with Crippen LogP contribution >= 0.6 is 11.3 Å². The third-order valence-electron chi connectivity index (χ3n) is 5.15. The Labute approximate surface area is 200 Å². The number of anilines is 1. The standard InChI is InChI=1S/C25H23N3O5S/c1-4-32-25(31)21-18(17-10-6-5-7-11-17)14-34-23(21)27-22(29)16(3)33-24(30)19-13-28-15(2)9-8-12-20(28)26-19/h5-14,16H,4H2,1-3H3,(H,27,29). The van der Waals surface area contributed by atoms with Gasteiger partial charge in [-0.05, 0) is 38.5 Å². The van der Waals surface area contributed by atoms with Gasteiger partial charge in [0.25, 0.3) is 5.91 Å². The molecule has 0 aliphatic heterocycles. The number of pyridine rings is 1. The first kappa shape index (κ1) is 23.2. The molecular weight excluding hydrogens is 454 g/mol. The van der Waals surface area contributed by atoms with Crippen LogP contribution in [0, 0.1) is 6.92 Å².